The molecule has 0 atom stereocenters. The van der Waals surface area contributed by atoms with Gasteiger partial charge in [0, 0.05) is 6.08 Å². The van der Waals surface area contributed by atoms with Gasteiger partial charge in [-0.3, -0.25) is 4.79 Å². The van der Waals surface area contributed by atoms with Crippen molar-refractivity contribution in [1.82, 2.24) is 0 Å². The number of esters is 3. The number of para-hydroxylation sites is 2. The third-order valence-corrected chi connectivity index (χ3v) is 3.53. The summed E-state index contributed by atoms with van der Waals surface area (Å²) in [7, 11) is 2.18. The summed E-state index contributed by atoms with van der Waals surface area (Å²) < 4.78 is 14.1. The molecule has 1 aromatic rings. The van der Waals surface area contributed by atoms with E-state index < -0.39 is 35.0 Å². The van der Waals surface area contributed by atoms with Crippen molar-refractivity contribution in [2.45, 2.75) is 6.92 Å². The van der Waals surface area contributed by atoms with Crippen LogP contribution in [0.2, 0.25) is 0 Å². The summed E-state index contributed by atoms with van der Waals surface area (Å²) in [6.07, 6.45) is 0.764. The lowest BCUT2D eigenvalue weighted by atomic mass is 10.0. The summed E-state index contributed by atoms with van der Waals surface area (Å²) in [5.74, 6) is -3.58. The Balaban J connectivity index is 2.69. The van der Waals surface area contributed by atoms with Gasteiger partial charge in [-0.05, 0) is 19.1 Å². The number of benzene rings is 1. The van der Waals surface area contributed by atoms with E-state index in [4.69, 9.17) is 4.74 Å². The van der Waals surface area contributed by atoms with E-state index in [1.54, 1.807) is 31.2 Å². The topological polar surface area (TPSA) is 120 Å². The molecule has 9 nitrogen and oxygen atoms in total. The van der Waals surface area contributed by atoms with Crippen LogP contribution in [0.1, 0.15) is 6.92 Å². The zero-order chi connectivity index (χ0) is 20.0. The smallest absolute Gasteiger partial charge is 0.341 e. The Kier molecular flexibility index (Phi) is 6.32. The van der Waals surface area contributed by atoms with E-state index in [0.29, 0.717) is 11.4 Å². The number of fused-ring (bicyclic) bond motifs is 1. The fourth-order valence-electron chi connectivity index (χ4n) is 2.32. The minimum absolute atomic E-state index is 0.0134. The predicted molar refractivity (Wildman–Crippen MR) is 94.5 cm³/mol. The van der Waals surface area contributed by atoms with Gasteiger partial charge in [0.1, 0.15) is 11.3 Å². The molecule has 0 unspecified atom stereocenters. The Labute approximate surface area is 155 Å². The fraction of sp³-hybridized carbons (Fsp3) is 0.222. The van der Waals surface area contributed by atoms with E-state index in [2.05, 4.69) is 20.1 Å². The molecule has 1 aliphatic rings. The van der Waals surface area contributed by atoms with E-state index in [-0.39, 0.29) is 12.3 Å². The van der Waals surface area contributed by atoms with Crippen LogP contribution in [-0.2, 0) is 33.4 Å². The Hall–Kier alpha value is -3.62. The van der Waals surface area contributed by atoms with Crippen LogP contribution in [0.15, 0.2) is 47.2 Å². The molecule has 1 aliphatic heterocycles. The Morgan fingerprint density at radius 3 is 2.19 bits per heavy atom. The van der Waals surface area contributed by atoms with E-state index in [0.717, 1.165) is 20.3 Å². The molecule has 1 amide bonds. The summed E-state index contributed by atoms with van der Waals surface area (Å²) in [4.78, 5) is 49.0. The SMILES string of the molecule is CCOC(=O)C(/C(=C\C(=O)OC)C(=O)OC)=C1/Nc2ccccc2NC1=O. The summed E-state index contributed by atoms with van der Waals surface area (Å²) in [5, 5.41) is 5.41. The first-order chi connectivity index (χ1) is 12.9. The van der Waals surface area contributed by atoms with Crippen LogP contribution in [0.4, 0.5) is 11.4 Å². The van der Waals surface area contributed by atoms with E-state index in [1.807, 2.05) is 0 Å². The number of hydrogen-bond donors (Lipinski definition) is 2. The van der Waals surface area contributed by atoms with Crippen molar-refractivity contribution < 1.29 is 33.4 Å². The minimum Gasteiger partial charge on any atom is -0.466 e. The average molecular weight is 374 g/mol. The van der Waals surface area contributed by atoms with Gasteiger partial charge in [0.05, 0.1) is 37.8 Å². The molecule has 142 valence electrons. The van der Waals surface area contributed by atoms with E-state index in [1.165, 1.54) is 0 Å². The first-order valence-electron chi connectivity index (χ1n) is 7.90. The maximum atomic E-state index is 12.5. The third kappa shape index (κ3) is 4.32. The zero-order valence-electron chi connectivity index (χ0n) is 15.0. The van der Waals surface area contributed by atoms with Crippen molar-refractivity contribution in [3.05, 3.63) is 47.2 Å². The highest BCUT2D eigenvalue weighted by Gasteiger charge is 2.33. The number of nitrogens with one attached hydrogen (secondary N) is 2. The number of methoxy groups -OCH3 is 2. The largest absolute Gasteiger partial charge is 0.466 e. The van der Waals surface area contributed by atoms with E-state index in [9.17, 15) is 19.2 Å². The van der Waals surface area contributed by atoms with Crippen molar-refractivity contribution in [2.24, 2.45) is 0 Å². The number of carbonyl (C=O) groups excluding carboxylic acids is 4. The Bertz CT molecular complexity index is 855. The predicted octanol–water partition coefficient (Wildman–Crippen LogP) is 1.14. The molecule has 2 rings (SSSR count). The quantitative estimate of drug-likeness (QED) is 0.447. The molecule has 1 heterocycles. The molecule has 0 aliphatic carbocycles. The molecule has 0 aromatic heterocycles. The van der Waals surface area contributed by atoms with Gasteiger partial charge in [-0.15, -0.1) is 0 Å². The van der Waals surface area contributed by atoms with E-state index >= 15 is 0 Å². The second-order valence-corrected chi connectivity index (χ2v) is 5.17. The van der Waals surface area contributed by atoms with Gasteiger partial charge in [0.25, 0.3) is 5.91 Å². The molecule has 0 saturated carbocycles. The fourth-order valence-corrected chi connectivity index (χ4v) is 2.32. The van der Waals surface area contributed by atoms with Crippen LogP contribution in [0.3, 0.4) is 0 Å². The number of ether oxygens (including phenoxy) is 3. The van der Waals surface area contributed by atoms with Crippen LogP contribution in [0, 0.1) is 0 Å². The standard InChI is InChI=1S/C18H18N2O7/c1-4-27-18(24)14(10(17(23)26-3)9-13(21)25-2)15-16(22)20-12-8-6-5-7-11(12)19-15/h5-9,19H,4H2,1-3H3,(H,20,22)/b10-9+,15-14+. The van der Waals surface area contributed by atoms with Crippen LogP contribution >= 0.6 is 0 Å². The molecule has 0 spiro atoms. The van der Waals surface area contributed by atoms with Crippen molar-refractivity contribution in [2.75, 3.05) is 31.5 Å². The molecule has 2 N–H and O–H groups in total. The lowest BCUT2D eigenvalue weighted by Crippen LogP contribution is -2.31. The van der Waals surface area contributed by atoms with Crippen LogP contribution in [0.5, 0.6) is 0 Å². The van der Waals surface area contributed by atoms with Crippen LogP contribution in [-0.4, -0.2) is 44.6 Å². The third-order valence-electron chi connectivity index (χ3n) is 3.53. The molecule has 0 fully saturated rings. The highest BCUT2D eigenvalue weighted by molar-refractivity contribution is 6.20. The Morgan fingerprint density at radius 1 is 1.00 bits per heavy atom. The molecule has 9 heteroatoms. The number of amides is 1. The second kappa shape index (κ2) is 8.65. The lowest BCUT2D eigenvalue weighted by Gasteiger charge is -2.23. The average Bonchev–Trinajstić information content (AvgIpc) is 2.67. The second-order valence-electron chi connectivity index (χ2n) is 5.17. The van der Waals surface area contributed by atoms with Crippen molar-refractivity contribution >= 4 is 35.2 Å². The Morgan fingerprint density at radius 2 is 1.63 bits per heavy atom. The van der Waals surface area contributed by atoms with Crippen molar-refractivity contribution in [3.8, 4) is 0 Å². The first-order valence-corrected chi connectivity index (χ1v) is 7.90. The van der Waals surface area contributed by atoms with Crippen molar-refractivity contribution in [3.63, 3.8) is 0 Å². The number of carbonyl (C=O) groups is 4. The van der Waals surface area contributed by atoms with Gasteiger partial charge in [-0.2, -0.15) is 0 Å². The number of rotatable bonds is 5. The van der Waals surface area contributed by atoms with Crippen LogP contribution < -0.4 is 10.6 Å². The first kappa shape index (κ1) is 19.7. The summed E-state index contributed by atoms with van der Waals surface area (Å²) >= 11 is 0. The summed E-state index contributed by atoms with van der Waals surface area (Å²) in [6.45, 7) is 1.55. The molecule has 27 heavy (non-hydrogen) atoms. The highest BCUT2D eigenvalue weighted by atomic mass is 16.5. The minimum atomic E-state index is -1.01. The molecule has 0 radical (unpaired) electrons. The lowest BCUT2D eigenvalue weighted by molar-refractivity contribution is -0.141. The van der Waals surface area contributed by atoms with Crippen molar-refractivity contribution in [1.29, 1.82) is 0 Å². The normalized spacial score (nSPS) is 14.9. The number of anilines is 2. The van der Waals surface area contributed by atoms with Gasteiger partial charge in [-0.1, -0.05) is 12.1 Å². The monoisotopic (exact) mass is 374 g/mol. The number of hydrogen-bond acceptors (Lipinski definition) is 8. The molecule has 0 saturated heterocycles. The maximum absolute atomic E-state index is 12.5. The van der Waals surface area contributed by atoms with Gasteiger partial charge >= 0.3 is 17.9 Å². The molecule has 1 aromatic carbocycles. The molecular formula is C18H18N2O7. The zero-order valence-corrected chi connectivity index (χ0v) is 15.0. The van der Waals surface area contributed by atoms with Gasteiger partial charge in [0.15, 0.2) is 0 Å². The molecule has 0 bridgehead atoms. The summed E-state index contributed by atoms with van der Waals surface area (Å²) in [5.41, 5.74) is -0.184. The van der Waals surface area contributed by atoms with Crippen LogP contribution in [0.25, 0.3) is 0 Å². The summed E-state index contributed by atoms with van der Waals surface area (Å²) in [6, 6.07) is 6.77. The van der Waals surface area contributed by atoms with Gasteiger partial charge in [-0.25, -0.2) is 14.4 Å². The highest BCUT2D eigenvalue weighted by Crippen LogP contribution is 2.30. The van der Waals surface area contributed by atoms with Gasteiger partial charge in [0.2, 0.25) is 0 Å². The van der Waals surface area contributed by atoms with Gasteiger partial charge < -0.3 is 24.8 Å². The maximum Gasteiger partial charge on any atom is 0.341 e. The molecular weight excluding hydrogens is 356 g/mol.